The maximum absolute atomic E-state index is 11.7. The lowest BCUT2D eigenvalue weighted by Gasteiger charge is -2.02. The van der Waals surface area contributed by atoms with E-state index in [0.717, 1.165) is 27.8 Å². The minimum absolute atomic E-state index is 0.0944. The lowest BCUT2D eigenvalue weighted by atomic mass is 10.1. The van der Waals surface area contributed by atoms with Crippen molar-refractivity contribution in [2.75, 3.05) is 7.11 Å². The third-order valence-electron chi connectivity index (χ3n) is 3.35. The quantitative estimate of drug-likeness (QED) is 0.793. The monoisotopic (exact) mass is 277 g/mol. The minimum Gasteiger partial charge on any atom is -0.497 e. The maximum atomic E-state index is 11.7. The van der Waals surface area contributed by atoms with Gasteiger partial charge in [-0.05, 0) is 29.2 Å². The van der Waals surface area contributed by atoms with E-state index in [-0.39, 0.29) is 5.56 Å². The van der Waals surface area contributed by atoms with Gasteiger partial charge >= 0.3 is 0 Å². The van der Waals surface area contributed by atoms with Crippen molar-refractivity contribution >= 4 is 22.9 Å². The summed E-state index contributed by atoms with van der Waals surface area (Å²) in [5.74, 6) is 0.825. The number of benzene rings is 2. The summed E-state index contributed by atoms with van der Waals surface area (Å²) < 4.78 is 5.13. The molecule has 0 atom stereocenters. The van der Waals surface area contributed by atoms with Crippen molar-refractivity contribution in [3.63, 3.8) is 0 Å². The number of fused-ring (bicyclic) bond motifs is 1. The molecule has 21 heavy (non-hydrogen) atoms. The Morgan fingerprint density at radius 3 is 2.52 bits per heavy atom. The molecule has 0 saturated carbocycles. The van der Waals surface area contributed by atoms with E-state index in [1.807, 2.05) is 60.7 Å². The fourth-order valence-corrected chi connectivity index (χ4v) is 2.27. The van der Waals surface area contributed by atoms with Crippen LogP contribution in [0.15, 0.2) is 59.4 Å². The van der Waals surface area contributed by atoms with Gasteiger partial charge in [-0.1, -0.05) is 42.5 Å². The van der Waals surface area contributed by atoms with Crippen molar-refractivity contribution in [2.45, 2.75) is 0 Å². The number of aromatic nitrogens is 1. The third kappa shape index (κ3) is 2.87. The molecule has 0 fully saturated rings. The number of hydrogen-bond donors (Lipinski definition) is 1. The summed E-state index contributed by atoms with van der Waals surface area (Å²) in [4.78, 5) is 14.6. The molecule has 0 bridgehead atoms. The minimum atomic E-state index is -0.0944. The van der Waals surface area contributed by atoms with Crippen LogP contribution in [-0.2, 0) is 0 Å². The summed E-state index contributed by atoms with van der Waals surface area (Å²) in [6.07, 6.45) is 3.89. The summed E-state index contributed by atoms with van der Waals surface area (Å²) in [7, 11) is 1.64. The average Bonchev–Trinajstić information content (AvgIpc) is 2.53. The first kappa shape index (κ1) is 13.2. The molecule has 2 aromatic carbocycles. The summed E-state index contributed by atoms with van der Waals surface area (Å²) in [6, 6.07) is 17.2. The van der Waals surface area contributed by atoms with E-state index in [4.69, 9.17) is 4.74 Å². The van der Waals surface area contributed by atoms with Crippen molar-refractivity contribution < 1.29 is 4.74 Å². The van der Waals surface area contributed by atoms with Crippen LogP contribution >= 0.6 is 0 Å². The van der Waals surface area contributed by atoms with E-state index in [1.54, 1.807) is 13.2 Å². The molecule has 0 aliphatic carbocycles. The molecule has 1 heterocycles. The number of methoxy groups -OCH3 is 1. The van der Waals surface area contributed by atoms with Gasteiger partial charge in [0.2, 0.25) is 5.56 Å². The molecule has 0 saturated heterocycles. The first-order valence-corrected chi connectivity index (χ1v) is 6.70. The molecule has 3 nitrogen and oxygen atoms in total. The average molecular weight is 277 g/mol. The Kier molecular flexibility index (Phi) is 3.56. The zero-order valence-corrected chi connectivity index (χ0v) is 11.7. The van der Waals surface area contributed by atoms with E-state index in [9.17, 15) is 4.79 Å². The molecule has 3 heteroatoms. The Bertz CT molecular complexity index is 845. The molecule has 1 N–H and O–H groups in total. The number of hydrogen-bond acceptors (Lipinski definition) is 2. The predicted octanol–water partition coefficient (Wildman–Crippen LogP) is 3.71. The smallest absolute Gasteiger partial charge is 0.249 e. The van der Waals surface area contributed by atoms with Crippen LogP contribution < -0.4 is 10.3 Å². The Hall–Kier alpha value is -2.81. The van der Waals surface area contributed by atoms with E-state index in [1.165, 1.54) is 0 Å². The molecule has 0 unspecified atom stereocenters. The molecule has 3 aromatic rings. The standard InChI is InChI=1S/C18H15NO2/c1-21-15-9-6-13(7-10-15)8-11-17-16-5-3-2-4-14(16)12-18(20)19-17/h2-12H,1H3,(H,19,20)/b11-8+. The first-order chi connectivity index (χ1) is 10.3. The van der Waals surface area contributed by atoms with Gasteiger partial charge in [0.1, 0.15) is 5.75 Å². The van der Waals surface area contributed by atoms with Crippen molar-refractivity contribution in [1.82, 2.24) is 4.98 Å². The fraction of sp³-hybridized carbons (Fsp3) is 0.0556. The van der Waals surface area contributed by atoms with Crippen molar-refractivity contribution in [3.05, 3.63) is 76.2 Å². The van der Waals surface area contributed by atoms with Gasteiger partial charge in [-0.15, -0.1) is 0 Å². The molecule has 1 aromatic heterocycles. The Morgan fingerprint density at radius 2 is 1.76 bits per heavy atom. The van der Waals surface area contributed by atoms with Gasteiger partial charge in [-0.2, -0.15) is 0 Å². The summed E-state index contributed by atoms with van der Waals surface area (Å²) in [5.41, 5.74) is 1.77. The van der Waals surface area contributed by atoms with E-state index >= 15 is 0 Å². The highest BCUT2D eigenvalue weighted by Gasteiger charge is 1.99. The van der Waals surface area contributed by atoms with Gasteiger partial charge in [0.15, 0.2) is 0 Å². The van der Waals surface area contributed by atoms with Crippen LogP contribution in [0.25, 0.3) is 22.9 Å². The Labute approximate surface area is 122 Å². The van der Waals surface area contributed by atoms with Crippen molar-refractivity contribution in [3.8, 4) is 5.75 Å². The second-order valence-electron chi connectivity index (χ2n) is 4.74. The van der Waals surface area contributed by atoms with E-state index < -0.39 is 0 Å². The highest BCUT2D eigenvalue weighted by atomic mass is 16.5. The highest BCUT2D eigenvalue weighted by Crippen LogP contribution is 2.18. The Balaban J connectivity index is 2.00. The highest BCUT2D eigenvalue weighted by molar-refractivity contribution is 5.90. The normalized spacial score (nSPS) is 11.1. The number of H-pyrrole nitrogens is 1. The molecule has 0 radical (unpaired) electrons. The van der Waals surface area contributed by atoms with E-state index in [0.29, 0.717) is 0 Å². The van der Waals surface area contributed by atoms with Crippen LogP contribution in [0.4, 0.5) is 0 Å². The molecular formula is C18H15NO2. The summed E-state index contributed by atoms with van der Waals surface area (Å²) >= 11 is 0. The van der Waals surface area contributed by atoms with Gasteiger partial charge in [-0.25, -0.2) is 0 Å². The SMILES string of the molecule is COc1ccc(/C=C/c2[nH]c(=O)cc3ccccc23)cc1. The van der Waals surface area contributed by atoms with Crippen molar-refractivity contribution in [1.29, 1.82) is 0 Å². The number of nitrogens with one attached hydrogen (secondary N) is 1. The van der Waals surface area contributed by atoms with Crippen LogP contribution in [0.3, 0.4) is 0 Å². The number of rotatable bonds is 3. The van der Waals surface area contributed by atoms with Gasteiger partial charge in [-0.3, -0.25) is 4.79 Å². The van der Waals surface area contributed by atoms with Crippen LogP contribution in [-0.4, -0.2) is 12.1 Å². The summed E-state index contributed by atoms with van der Waals surface area (Å²) in [6.45, 7) is 0. The molecule has 0 spiro atoms. The fourth-order valence-electron chi connectivity index (χ4n) is 2.27. The first-order valence-electron chi connectivity index (χ1n) is 6.70. The third-order valence-corrected chi connectivity index (χ3v) is 3.35. The zero-order valence-electron chi connectivity index (χ0n) is 11.7. The van der Waals surface area contributed by atoms with Crippen LogP contribution in [0.5, 0.6) is 5.75 Å². The molecular weight excluding hydrogens is 262 g/mol. The number of pyridine rings is 1. The molecule has 0 aliphatic heterocycles. The number of aromatic amines is 1. The molecule has 0 aliphatic rings. The topological polar surface area (TPSA) is 42.1 Å². The zero-order chi connectivity index (χ0) is 14.7. The lowest BCUT2D eigenvalue weighted by Crippen LogP contribution is -2.05. The van der Waals surface area contributed by atoms with Gasteiger partial charge in [0, 0.05) is 17.1 Å². The maximum Gasteiger partial charge on any atom is 0.249 e. The van der Waals surface area contributed by atoms with Gasteiger partial charge < -0.3 is 9.72 Å². The van der Waals surface area contributed by atoms with E-state index in [2.05, 4.69) is 4.98 Å². The Morgan fingerprint density at radius 1 is 1.00 bits per heavy atom. The van der Waals surface area contributed by atoms with Gasteiger partial charge in [0.05, 0.1) is 7.11 Å². The van der Waals surface area contributed by atoms with Crippen molar-refractivity contribution in [2.24, 2.45) is 0 Å². The largest absolute Gasteiger partial charge is 0.497 e. The second kappa shape index (κ2) is 5.67. The molecule has 0 amide bonds. The summed E-state index contributed by atoms with van der Waals surface area (Å²) in [5, 5.41) is 1.97. The van der Waals surface area contributed by atoms with Crippen LogP contribution in [0.1, 0.15) is 11.3 Å². The molecule has 3 rings (SSSR count). The van der Waals surface area contributed by atoms with Crippen LogP contribution in [0.2, 0.25) is 0 Å². The number of ether oxygens (including phenoxy) is 1. The molecule has 104 valence electrons. The van der Waals surface area contributed by atoms with Crippen LogP contribution in [0, 0.1) is 0 Å². The second-order valence-corrected chi connectivity index (χ2v) is 4.74. The predicted molar refractivity (Wildman–Crippen MR) is 86.5 cm³/mol. The van der Waals surface area contributed by atoms with Gasteiger partial charge in [0.25, 0.3) is 0 Å². The lowest BCUT2D eigenvalue weighted by molar-refractivity contribution is 0.415.